The Kier molecular flexibility index (Phi) is 5.95. The molecule has 9 heteroatoms. The molecule has 0 saturated carbocycles. The van der Waals surface area contributed by atoms with Crippen LogP contribution in [0.25, 0.3) is 0 Å². The van der Waals surface area contributed by atoms with Crippen LogP contribution in [0.15, 0.2) is 47.4 Å². The third-order valence-corrected chi connectivity index (χ3v) is 5.21. The Labute approximate surface area is 171 Å². The van der Waals surface area contributed by atoms with Crippen molar-refractivity contribution in [2.24, 2.45) is 0 Å². The van der Waals surface area contributed by atoms with Crippen LogP contribution >= 0.6 is 11.8 Å². The first kappa shape index (κ1) is 19.3. The van der Waals surface area contributed by atoms with Crippen molar-refractivity contribution in [3.8, 4) is 23.0 Å². The zero-order valence-electron chi connectivity index (χ0n) is 15.5. The van der Waals surface area contributed by atoms with Crippen molar-refractivity contribution in [3.05, 3.63) is 42.5 Å². The molecule has 0 saturated heterocycles. The van der Waals surface area contributed by atoms with E-state index in [1.165, 1.54) is 11.8 Å². The van der Waals surface area contributed by atoms with Crippen molar-refractivity contribution >= 4 is 23.6 Å². The Morgan fingerprint density at radius 1 is 0.931 bits per heavy atom. The number of hydrazine groups is 1. The molecule has 4 rings (SSSR count). The molecule has 0 aromatic heterocycles. The van der Waals surface area contributed by atoms with E-state index in [1.54, 1.807) is 18.2 Å². The van der Waals surface area contributed by atoms with E-state index < -0.39 is 12.0 Å². The topological polar surface area (TPSA) is 95.1 Å². The lowest BCUT2D eigenvalue weighted by Crippen LogP contribution is -2.51. The summed E-state index contributed by atoms with van der Waals surface area (Å²) in [6.07, 6.45) is 0.000202. The Morgan fingerprint density at radius 3 is 2.55 bits per heavy atom. The van der Waals surface area contributed by atoms with Crippen LogP contribution in [-0.2, 0) is 9.59 Å². The van der Waals surface area contributed by atoms with Crippen molar-refractivity contribution in [2.45, 2.75) is 17.4 Å². The highest BCUT2D eigenvalue weighted by atomic mass is 32.2. The van der Waals surface area contributed by atoms with E-state index in [0.717, 1.165) is 11.3 Å². The molecule has 0 fully saturated rings. The van der Waals surface area contributed by atoms with Gasteiger partial charge >= 0.3 is 0 Å². The van der Waals surface area contributed by atoms with Gasteiger partial charge in [-0.05, 0) is 30.3 Å². The molecule has 152 valence electrons. The SMILES string of the molecule is O=C(CSc1ccc2c(c1)OCCCO2)NNC(=O)[C@H]1COc2ccccc2O1. The Morgan fingerprint density at radius 2 is 1.69 bits per heavy atom. The van der Waals surface area contributed by atoms with Crippen molar-refractivity contribution in [3.63, 3.8) is 0 Å². The van der Waals surface area contributed by atoms with Crippen LogP contribution in [-0.4, -0.2) is 43.5 Å². The summed E-state index contributed by atoms with van der Waals surface area (Å²) in [5.74, 6) is 1.78. The number of amides is 2. The summed E-state index contributed by atoms with van der Waals surface area (Å²) in [5, 5.41) is 0. The number of carbonyl (C=O) groups excluding carboxylic acids is 2. The fourth-order valence-corrected chi connectivity index (χ4v) is 3.50. The van der Waals surface area contributed by atoms with Gasteiger partial charge in [-0.3, -0.25) is 20.4 Å². The lowest BCUT2D eigenvalue weighted by atomic mass is 10.2. The second-order valence-electron chi connectivity index (χ2n) is 6.35. The fourth-order valence-electron chi connectivity index (χ4n) is 2.78. The number of hydrogen-bond donors (Lipinski definition) is 2. The number of carbonyl (C=O) groups is 2. The number of hydrogen-bond acceptors (Lipinski definition) is 7. The van der Waals surface area contributed by atoms with E-state index in [-0.39, 0.29) is 18.3 Å². The van der Waals surface area contributed by atoms with Gasteiger partial charge in [-0.1, -0.05) is 12.1 Å². The van der Waals surface area contributed by atoms with Gasteiger partial charge in [-0.25, -0.2) is 0 Å². The minimum absolute atomic E-state index is 0.0741. The maximum Gasteiger partial charge on any atom is 0.283 e. The first-order valence-corrected chi connectivity index (χ1v) is 10.2. The molecule has 2 aliphatic rings. The molecule has 0 aliphatic carbocycles. The molecule has 2 amide bonds. The number of ether oxygens (including phenoxy) is 4. The molecule has 0 unspecified atom stereocenters. The average molecular weight is 416 g/mol. The van der Waals surface area contributed by atoms with Gasteiger partial charge < -0.3 is 18.9 Å². The highest BCUT2D eigenvalue weighted by Gasteiger charge is 2.27. The van der Waals surface area contributed by atoms with Crippen LogP contribution < -0.4 is 29.8 Å². The Balaban J connectivity index is 1.23. The highest BCUT2D eigenvalue weighted by molar-refractivity contribution is 8.00. The van der Waals surface area contributed by atoms with Crippen LogP contribution in [0.1, 0.15) is 6.42 Å². The number of para-hydroxylation sites is 2. The molecule has 8 nitrogen and oxygen atoms in total. The predicted octanol–water partition coefficient (Wildman–Crippen LogP) is 1.93. The van der Waals surface area contributed by atoms with Crippen molar-refractivity contribution in [1.82, 2.24) is 10.9 Å². The van der Waals surface area contributed by atoms with E-state index in [4.69, 9.17) is 18.9 Å². The largest absolute Gasteiger partial charge is 0.490 e. The van der Waals surface area contributed by atoms with E-state index in [9.17, 15) is 9.59 Å². The second kappa shape index (κ2) is 8.95. The molecule has 0 bridgehead atoms. The number of fused-ring (bicyclic) bond motifs is 2. The van der Waals surface area contributed by atoms with E-state index >= 15 is 0 Å². The molecular formula is C20H20N2O6S. The number of benzene rings is 2. The number of rotatable bonds is 4. The van der Waals surface area contributed by atoms with Crippen LogP contribution in [0.4, 0.5) is 0 Å². The molecular weight excluding hydrogens is 396 g/mol. The molecule has 2 aromatic carbocycles. The minimum atomic E-state index is -0.834. The van der Waals surface area contributed by atoms with Crippen LogP contribution in [0, 0.1) is 0 Å². The summed E-state index contributed by atoms with van der Waals surface area (Å²) in [7, 11) is 0. The monoisotopic (exact) mass is 416 g/mol. The van der Waals surface area contributed by atoms with Crippen LogP contribution in [0.2, 0.25) is 0 Å². The van der Waals surface area contributed by atoms with Gasteiger partial charge in [0.25, 0.3) is 5.91 Å². The summed E-state index contributed by atoms with van der Waals surface area (Å²) < 4.78 is 22.3. The van der Waals surface area contributed by atoms with Gasteiger partial charge in [0.2, 0.25) is 12.0 Å². The smallest absolute Gasteiger partial charge is 0.283 e. The average Bonchev–Trinajstić information content (AvgIpc) is 3.00. The maximum absolute atomic E-state index is 12.2. The molecule has 2 aromatic rings. The predicted molar refractivity (Wildman–Crippen MR) is 105 cm³/mol. The molecule has 0 spiro atoms. The molecule has 29 heavy (non-hydrogen) atoms. The Hall–Kier alpha value is -3.07. The molecule has 1 atom stereocenters. The minimum Gasteiger partial charge on any atom is -0.490 e. The lowest BCUT2D eigenvalue weighted by Gasteiger charge is -2.25. The third kappa shape index (κ3) is 4.86. The molecule has 0 radical (unpaired) electrons. The van der Waals surface area contributed by atoms with Gasteiger partial charge in [0.15, 0.2) is 23.0 Å². The summed E-state index contributed by atoms with van der Waals surface area (Å²) in [6, 6.07) is 12.7. The quantitative estimate of drug-likeness (QED) is 0.581. The van der Waals surface area contributed by atoms with Crippen molar-refractivity contribution in [2.75, 3.05) is 25.6 Å². The van der Waals surface area contributed by atoms with Crippen LogP contribution in [0.3, 0.4) is 0 Å². The van der Waals surface area contributed by atoms with E-state index in [1.807, 2.05) is 24.3 Å². The van der Waals surface area contributed by atoms with Crippen LogP contribution in [0.5, 0.6) is 23.0 Å². The zero-order valence-corrected chi connectivity index (χ0v) is 16.3. The molecule has 2 aliphatic heterocycles. The number of nitrogens with one attached hydrogen (secondary N) is 2. The Bertz CT molecular complexity index is 906. The van der Waals surface area contributed by atoms with Gasteiger partial charge in [-0.15, -0.1) is 11.8 Å². The summed E-state index contributed by atoms with van der Waals surface area (Å²) in [5.41, 5.74) is 4.77. The van der Waals surface area contributed by atoms with Gasteiger partial charge in [-0.2, -0.15) is 0 Å². The standard InChI is InChI=1S/C20H20N2O6S/c23-19(12-29-13-6-7-15-17(10-13)26-9-3-8-25-15)21-22-20(24)18-11-27-14-4-1-2-5-16(14)28-18/h1-2,4-7,10,18H,3,8-9,11-12H2,(H,21,23)(H,22,24)/t18-/m1/s1. The van der Waals surface area contributed by atoms with Crippen molar-refractivity contribution < 1.29 is 28.5 Å². The third-order valence-electron chi connectivity index (χ3n) is 4.22. The van der Waals surface area contributed by atoms with Gasteiger partial charge in [0.1, 0.15) is 6.61 Å². The molecule has 2 N–H and O–H groups in total. The summed E-state index contributed by atoms with van der Waals surface area (Å²) in [4.78, 5) is 25.2. The van der Waals surface area contributed by atoms with Gasteiger partial charge in [0.05, 0.1) is 19.0 Å². The zero-order chi connectivity index (χ0) is 20.1. The molecule has 2 heterocycles. The highest BCUT2D eigenvalue weighted by Crippen LogP contribution is 2.34. The van der Waals surface area contributed by atoms with Gasteiger partial charge in [0, 0.05) is 11.3 Å². The number of thioether (sulfide) groups is 1. The first-order chi connectivity index (χ1) is 14.2. The van der Waals surface area contributed by atoms with E-state index in [0.29, 0.717) is 36.2 Å². The summed E-state index contributed by atoms with van der Waals surface area (Å²) in [6.45, 7) is 1.30. The fraction of sp³-hybridized carbons (Fsp3) is 0.300. The second-order valence-corrected chi connectivity index (χ2v) is 7.40. The normalized spacial score (nSPS) is 17.0. The summed E-state index contributed by atoms with van der Waals surface area (Å²) >= 11 is 1.33. The maximum atomic E-state index is 12.2. The van der Waals surface area contributed by atoms with E-state index in [2.05, 4.69) is 10.9 Å². The first-order valence-electron chi connectivity index (χ1n) is 9.19. The lowest BCUT2D eigenvalue weighted by molar-refractivity contribution is -0.134. The van der Waals surface area contributed by atoms with Crippen molar-refractivity contribution in [1.29, 1.82) is 0 Å².